The number of rotatable bonds is 3. The molecule has 27 heavy (non-hydrogen) atoms. The van der Waals surface area contributed by atoms with Gasteiger partial charge in [0, 0.05) is 5.56 Å². The Kier molecular flexibility index (Phi) is 7.21. The highest BCUT2D eigenvalue weighted by molar-refractivity contribution is 5.49. The lowest BCUT2D eigenvalue weighted by atomic mass is 10.1. The van der Waals surface area contributed by atoms with Crippen LogP contribution in [0.1, 0.15) is 11.1 Å². The van der Waals surface area contributed by atoms with Crippen LogP contribution in [0.2, 0.25) is 0 Å². The summed E-state index contributed by atoms with van der Waals surface area (Å²) in [7, 11) is 0. The summed E-state index contributed by atoms with van der Waals surface area (Å²) in [5.74, 6) is -19.4. The summed E-state index contributed by atoms with van der Waals surface area (Å²) in [6.45, 7) is 6.08. The molecule has 0 nitrogen and oxygen atoms in total. The zero-order chi connectivity index (χ0) is 21.0. The maximum atomic E-state index is 12.8. The molecular formula is C17H8F10. The summed E-state index contributed by atoms with van der Waals surface area (Å²) in [5.41, 5.74) is -1.88. The van der Waals surface area contributed by atoms with Crippen molar-refractivity contribution in [2.75, 3.05) is 0 Å². The minimum Gasteiger partial charge on any atom is -0.203 e. The monoisotopic (exact) mass is 402 g/mol. The molecule has 0 amide bonds. The smallest absolute Gasteiger partial charge is 0.200 e. The first kappa shape index (κ1) is 22.3. The van der Waals surface area contributed by atoms with Gasteiger partial charge in [0.2, 0.25) is 11.6 Å². The third kappa shape index (κ3) is 4.15. The minimum atomic E-state index is -2.17. The Balaban J connectivity index is 0.000000271. The Hall–Kier alpha value is -2.78. The quantitative estimate of drug-likeness (QED) is 0.251. The second-order valence-electron chi connectivity index (χ2n) is 4.73. The van der Waals surface area contributed by atoms with Crippen molar-refractivity contribution in [3.8, 4) is 0 Å². The molecule has 0 bridgehead atoms. The Labute approximate surface area is 146 Å². The fraction of sp³-hybridized carbons (Fsp3) is 0.0588. The van der Waals surface area contributed by atoms with Gasteiger partial charge < -0.3 is 0 Å². The minimum absolute atomic E-state index is 0.411. The van der Waals surface area contributed by atoms with E-state index < -0.39 is 75.7 Å². The summed E-state index contributed by atoms with van der Waals surface area (Å²) in [5, 5.41) is 0. The van der Waals surface area contributed by atoms with Crippen LogP contribution in [0.4, 0.5) is 43.9 Å². The Morgan fingerprint density at radius 1 is 0.481 bits per heavy atom. The van der Waals surface area contributed by atoms with Crippen molar-refractivity contribution in [1.29, 1.82) is 0 Å². The third-order valence-electron chi connectivity index (χ3n) is 3.10. The lowest BCUT2D eigenvalue weighted by molar-refractivity contribution is 0.371. The first-order valence-corrected chi connectivity index (χ1v) is 6.76. The van der Waals surface area contributed by atoms with E-state index in [1.807, 2.05) is 0 Å². The third-order valence-corrected chi connectivity index (χ3v) is 3.10. The van der Waals surface area contributed by atoms with Crippen LogP contribution in [0.3, 0.4) is 0 Å². The van der Waals surface area contributed by atoms with Crippen LogP contribution in [0, 0.1) is 58.2 Å². The standard InChI is InChI=1S/C9H5F5.C8H3F5/c1-2-3-4-5(10)7(12)9(14)8(13)6(4)11;1-2-3-4(9)6(11)8(13)7(12)5(3)10/h2H,1,3H2;2H,1H2. The summed E-state index contributed by atoms with van der Waals surface area (Å²) in [6.07, 6.45) is 1.21. The lowest BCUT2D eigenvalue weighted by Gasteiger charge is -2.05. The van der Waals surface area contributed by atoms with Gasteiger partial charge in [0.25, 0.3) is 0 Å². The first-order chi connectivity index (χ1) is 12.5. The second-order valence-corrected chi connectivity index (χ2v) is 4.73. The Morgan fingerprint density at radius 2 is 0.778 bits per heavy atom. The van der Waals surface area contributed by atoms with Crippen molar-refractivity contribution < 1.29 is 43.9 Å². The highest BCUT2D eigenvalue weighted by Crippen LogP contribution is 2.24. The van der Waals surface area contributed by atoms with E-state index in [9.17, 15) is 43.9 Å². The SMILES string of the molecule is C=CCc1c(F)c(F)c(F)c(F)c1F.C=Cc1c(F)c(F)c(F)c(F)c1F. The summed E-state index contributed by atoms with van der Waals surface area (Å²) >= 11 is 0. The fourth-order valence-electron chi connectivity index (χ4n) is 1.78. The maximum absolute atomic E-state index is 12.8. The van der Waals surface area contributed by atoms with Crippen LogP contribution in [0.15, 0.2) is 19.2 Å². The molecule has 0 N–H and O–H groups in total. The van der Waals surface area contributed by atoms with Crippen LogP contribution >= 0.6 is 0 Å². The Morgan fingerprint density at radius 3 is 1.07 bits per heavy atom. The molecule has 2 aromatic rings. The first-order valence-electron chi connectivity index (χ1n) is 6.76. The molecule has 0 heterocycles. The molecule has 0 aromatic heterocycles. The van der Waals surface area contributed by atoms with Gasteiger partial charge in [-0.3, -0.25) is 0 Å². The van der Waals surface area contributed by atoms with Gasteiger partial charge in [0.1, 0.15) is 0 Å². The molecule has 2 rings (SSSR count). The van der Waals surface area contributed by atoms with Crippen molar-refractivity contribution in [3.05, 3.63) is 88.5 Å². The predicted molar refractivity (Wildman–Crippen MR) is 76.5 cm³/mol. The van der Waals surface area contributed by atoms with Crippen molar-refractivity contribution >= 4 is 6.08 Å². The zero-order valence-electron chi connectivity index (χ0n) is 13.1. The molecule has 0 saturated carbocycles. The van der Waals surface area contributed by atoms with Gasteiger partial charge in [-0.05, 0) is 6.42 Å². The summed E-state index contributed by atoms with van der Waals surface area (Å²) in [6, 6.07) is 0. The molecule has 146 valence electrons. The molecule has 0 aliphatic carbocycles. The van der Waals surface area contributed by atoms with Gasteiger partial charge in [0.05, 0.1) is 5.56 Å². The lowest BCUT2D eigenvalue weighted by Crippen LogP contribution is -2.06. The number of benzene rings is 2. The van der Waals surface area contributed by atoms with Crippen LogP contribution in [-0.2, 0) is 6.42 Å². The Bertz CT molecular complexity index is 844. The highest BCUT2D eigenvalue weighted by atomic mass is 19.2. The van der Waals surface area contributed by atoms with E-state index in [4.69, 9.17) is 0 Å². The molecule has 10 heteroatoms. The van der Waals surface area contributed by atoms with E-state index in [1.54, 1.807) is 0 Å². The molecule has 0 unspecified atom stereocenters. The number of hydrogen-bond donors (Lipinski definition) is 0. The van der Waals surface area contributed by atoms with E-state index in [-0.39, 0.29) is 0 Å². The van der Waals surface area contributed by atoms with Gasteiger partial charge in [-0.15, -0.1) is 6.58 Å². The van der Waals surface area contributed by atoms with Crippen molar-refractivity contribution in [1.82, 2.24) is 0 Å². The van der Waals surface area contributed by atoms with Gasteiger partial charge >= 0.3 is 0 Å². The van der Waals surface area contributed by atoms with E-state index in [0.717, 1.165) is 6.08 Å². The van der Waals surface area contributed by atoms with E-state index in [0.29, 0.717) is 6.08 Å². The zero-order valence-corrected chi connectivity index (χ0v) is 13.1. The molecule has 0 radical (unpaired) electrons. The van der Waals surface area contributed by atoms with Gasteiger partial charge in [-0.25, -0.2) is 43.9 Å². The predicted octanol–water partition coefficient (Wildman–Crippen LogP) is 6.14. The number of hydrogen-bond acceptors (Lipinski definition) is 0. The second kappa shape index (κ2) is 8.74. The average Bonchev–Trinajstić information content (AvgIpc) is 2.66. The van der Waals surface area contributed by atoms with Crippen molar-refractivity contribution in [3.63, 3.8) is 0 Å². The van der Waals surface area contributed by atoms with Crippen LogP contribution in [0.5, 0.6) is 0 Å². The molecule has 0 aliphatic heterocycles. The van der Waals surface area contributed by atoms with Crippen LogP contribution in [-0.4, -0.2) is 0 Å². The molecule has 0 atom stereocenters. The molecule has 0 fully saturated rings. The summed E-state index contributed by atoms with van der Waals surface area (Å²) < 4.78 is 126. The van der Waals surface area contributed by atoms with Crippen molar-refractivity contribution in [2.24, 2.45) is 0 Å². The largest absolute Gasteiger partial charge is 0.203 e. The average molecular weight is 402 g/mol. The molecule has 0 saturated heterocycles. The van der Waals surface area contributed by atoms with E-state index >= 15 is 0 Å². The van der Waals surface area contributed by atoms with Gasteiger partial charge in [-0.2, -0.15) is 0 Å². The van der Waals surface area contributed by atoms with E-state index in [1.165, 1.54) is 0 Å². The topological polar surface area (TPSA) is 0 Å². The van der Waals surface area contributed by atoms with Crippen LogP contribution < -0.4 is 0 Å². The normalized spacial score (nSPS) is 10.3. The maximum Gasteiger partial charge on any atom is 0.200 e. The number of halogens is 10. The molecule has 0 aliphatic rings. The highest BCUT2D eigenvalue weighted by Gasteiger charge is 2.25. The van der Waals surface area contributed by atoms with Crippen LogP contribution in [0.25, 0.3) is 6.08 Å². The number of allylic oxidation sites excluding steroid dienone is 1. The summed E-state index contributed by atoms with van der Waals surface area (Å²) in [4.78, 5) is 0. The van der Waals surface area contributed by atoms with Crippen molar-refractivity contribution in [2.45, 2.75) is 6.42 Å². The molecule has 2 aromatic carbocycles. The molecular weight excluding hydrogens is 394 g/mol. The fourth-order valence-corrected chi connectivity index (χ4v) is 1.78. The van der Waals surface area contributed by atoms with E-state index in [2.05, 4.69) is 13.2 Å². The molecule has 0 spiro atoms. The van der Waals surface area contributed by atoms with Gasteiger partial charge in [0.15, 0.2) is 46.5 Å². The van der Waals surface area contributed by atoms with Gasteiger partial charge in [-0.1, -0.05) is 18.7 Å².